The molecule has 7 nitrogen and oxygen atoms in total. The molecule has 1 aliphatic rings. The molecule has 0 saturated heterocycles. The molecule has 0 heterocycles. The maximum Gasteiger partial charge on any atom is 0.251 e. The fourth-order valence-corrected chi connectivity index (χ4v) is 4.72. The van der Waals surface area contributed by atoms with Gasteiger partial charge in [0.1, 0.15) is 12.6 Å². The summed E-state index contributed by atoms with van der Waals surface area (Å²) < 4.78 is 0. The van der Waals surface area contributed by atoms with Crippen LogP contribution in [0.1, 0.15) is 45.5 Å². The molecule has 37 heavy (non-hydrogen) atoms. The first-order valence-electron chi connectivity index (χ1n) is 12.3. The molecule has 4 rings (SSSR count). The van der Waals surface area contributed by atoms with Crippen molar-refractivity contribution in [3.8, 4) is 17.2 Å². The van der Waals surface area contributed by atoms with E-state index in [1.807, 2.05) is 74.5 Å². The summed E-state index contributed by atoms with van der Waals surface area (Å²) in [5.41, 5.74) is 11.4. The maximum atomic E-state index is 13.0. The molecule has 0 spiro atoms. The summed E-state index contributed by atoms with van der Waals surface area (Å²) in [5.74, 6) is -1.07. The second kappa shape index (κ2) is 10.7. The Kier molecular flexibility index (Phi) is 7.40. The Bertz CT molecular complexity index is 1350. The quantitative estimate of drug-likeness (QED) is 0.394. The lowest BCUT2D eigenvalue weighted by molar-refractivity contribution is -0.122. The van der Waals surface area contributed by atoms with Crippen LogP contribution in [-0.4, -0.2) is 30.3 Å². The Morgan fingerprint density at radius 1 is 0.946 bits per heavy atom. The number of carbonyl (C=O) groups is 3. The van der Waals surface area contributed by atoms with E-state index in [0.29, 0.717) is 12.0 Å². The van der Waals surface area contributed by atoms with Gasteiger partial charge in [-0.25, -0.2) is 0 Å². The third kappa shape index (κ3) is 5.87. The van der Waals surface area contributed by atoms with Gasteiger partial charge in [0.15, 0.2) is 0 Å². The van der Waals surface area contributed by atoms with Crippen LogP contribution in [0.5, 0.6) is 0 Å². The predicted octanol–water partition coefficient (Wildman–Crippen LogP) is 3.47. The van der Waals surface area contributed by atoms with E-state index in [2.05, 4.69) is 10.6 Å². The zero-order chi connectivity index (χ0) is 26.6. The molecular weight excluding hydrogens is 464 g/mol. The normalized spacial score (nSPS) is 14.2. The predicted molar refractivity (Wildman–Crippen MR) is 141 cm³/mol. The summed E-state index contributed by atoms with van der Waals surface area (Å²) in [6.45, 7) is 3.83. The van der Waals surface area contributed by atoms with Crippen molar-refractivity contribution < 1.29 is 14.4 Å². The van der Waals surface area contributed by atoms with E-state index in [1.165, 1.54) is 0 Å². The van der Waals surface area contributed by atoms with Gasteiger partial charge in [-0.2, -0.15) is 5.26 Å². The van der Waals surface area contributed by atoms with Crippen LogP contribution in [0.15, 0.2) is 66.7 Å². The molecule has 3 aromatic carbocycles. The Balaban J connectivity index is 1.47. The van der Waals surface area contributed by atoms with Crippen molar-refractivity contribution >= 4 is 17.7 Å². The first-order valence-corrected chi connectivity index (χ1v) is 12.3. The van der Waals surface area contributed by atoms with E-state index in [4.69, 9.17) is 11.0 Å². The number of amides is 3. The van der Waals surface area contributed by atoms with Gasteiger partial charge in [-0.1, -0.05) is 65.7 Å². The van der Waals surface area contributed by atoms with Crippen molar-refractivity contribution in [2.24, 2.45) is 5.73 Å². The number of nitrogens with one attached hydrogen (secondary N) is 2. The summed E-state index contributed by atoms with van der Waals surface area (Å²) >= 11 is 0. The molecule has 0 radical (unpaired) electrons. The van der Waals surface area contributed by atoms with Gasteiger partial charge in [-0.05, 0) is 61.1 Å². The minimum Gasteiger partial charge on any atom is -0.369 e. The van der Waals surface area contributed by atoms with E-state index < -0.39 is 17.4 Å². The molecule has 1 atom stereocenters. The van der Waals surface area contributed by atoms with E-state index in [1.54, 1.807) is 12.1 Å². The summed E-state index contributed by atoms with van der Waals surface area (Å²) in [5, 5.41) is 14.2. The Morgan fingerprint density at radius 3 is 2.03 bits per heavy atom. The molecule has 1 saturated carbocycles. The third-order valence-electron chi connectivity index (χ3n) is 6.82. The smallest absolute Gasteiger partial charge is 0.251 e. The van der Waals surface area contributed by atoms with Crippen LogP contribution in [0.3, 0.4) is 0 Å². The summed E-state index contributed by atoms with van der Waals surface area (Å²) in [6.07, 6.45) is 1.87. The minimum absolute atomic E-state index is 0.133. The third-order valence-corrected chi connectivity index (χ3v) is 6.82. The molecule has 3 amide bonds. The van der Waals surface area contributed by atoms with Gasteiger partial charge >= 0.3 is 0 Å². The Labute approximate surface area is 216 Å². The summed E-state index contributed by atoms with van der Waals surface area (Å²) in [6, 6.07) is 22.0. The van der Waals surface area contributed by atoms with Crippen molar-refractivity contribution in [2.45, 2.75) is 44.6 Å². The SMILES string of the molecule is Cc1cc(C)cc(C[C@H](NC(=O)c2ccc(-c3ccc(C4(C(N)=O)CC4)cc3)cc2)C(=O)NCC#N)c1. The number of primary amides is 1. The van der Waals surface area contributed by atoms with E-state index >= 15 is 0 Å². The van der Waals surface area contributed by atoms with E-state index in [9.17, 15) is 14.4 Å². The lowest BCUT2D eigenvalue weighted by Crippen LogP contribution is -2.48. The largest absolute Gasteiger partial charge is 0.369 e. The molecule has 4 N–H and O–H groups in total. The van der Waals surface area contributed by atoms with Crippen molar-refractivity contribution in [1.82, 2.24) is 10.6 Å². The van der Waals surface area contributed by atoms with Gasteiger partial charge in [0.05, 0.1) is 11.5 Å². The number of benzene rings is 3. The van der Waals surface area contributed by atoms with Gasteiger partial charge < -0.3 is 16.4 Å². The molecule has 188 valence electrons. The average Bonchev–Trinajstić information content (AvgIpc) is 3.69. The highest BCUT2D eigenvalue weighted by Crippen LogP contribution is 2.48. The first kappa shape index (κ1) is 25.6. The molecule has 7 heteroatoms. The fraction of sp³-hybridized carbons (Fsp3) is 0.267. The monoisotopic (exact) mass is 494 g/mol. The fourth-order valence-electron chi connectivity index (χ4n) is 4.72. The van der Waals surface area contributed by atoms with E-state index in [-0.39, 0.29) is 18.4 Å². The molecule has 3 aromatic rings. The average molecular weight is 495 g/mol. The topological polar surface area (TPSA) is 125 Å². The number of aryl methyl sites for hydroxylation is 2. The van der Waals surface area contributed by atoms with Gasteiger partial charge in [-0.3, -0.25) is 14.4 Å². The van der Waals surface area contributed by atoms with Gasteiger partial charge in [0.25, 0.3) is 5.91 Å². The highest BCUT2D eigenvalue weighted by atomic mass is 16.2. The number of carbonyl (C=O) groups excluding carboxylic acids is 3. The Hall–Kier alpha value is -4.44. The number of nitrogens with two attached hydrogens (primary N) is 1. The molecule has 0 aromatic heterocycles. The highest BCUT2D eigenvalue weighted by molar-refractivity contribution is 5.98. The van der Waals surface area contributed by atoms with E-state index in [0.717, 1.165) is 46.2 Å². The van der Waals surface area contributed by atoms with Crippen molar-refractivity contribution in [3.05, 3.63) is 94.5 Å². The maximum absolute atomic E-state index is 13.0. The second-order valence-electron chi connectivity index (χ2n) is 9.70. The Morgan fingerprint density at radius 2 is 1.51 bits per heavy atom. The van der Waals surface area contributed by atoms with Crippen LogP contribution in [0.25, 0.3) is 11.1 Å². The van der Waals surface area contributed by atoms with Crippen LogP contribution >= 0.6 is 0 Å². The number of rotatable bonds is 9. The van der Waals surface area contributed by atoms with Crippen LogP contribution in [0.2, 0.25) is 0 Å². The zero-order valence-electron chi connectivity index (χ0n) is 21.0. The molecular formula is C30H30N4O3. The van der Waals surface area contributed by atoms with Crippen molar-refractivity contribution in [2.75, 3.05) is 6.54 Å². The van der Waals surface area contributed by atoms with Crippen molar-refractivity contribution in [3.63, 3.8) is 0 Å². The highest BCUT2D eigenvalue weighted by Gasteiger charge is 2.49. The summed E-state index contributed by atoms with van der Waals surface area (Å²) in [4.78, 5) is 37.5. The molecule has 1 aliphatic carbocycles. The zero-order valence-corrected chi connectivity index (χ0v) is 21.0. The van der Waals surface area contributed by atoms with Gasteiger partial charge in [-0.15, -0.1) is 0 Å². The first-order chi connectivity index (χ1) is 17.7. The molecule has 0 bridgehead atoms. The standard InChI is InChI=1S/C30H30N4O3/c1-19-15-20(2)17-21(16-19)18-26(28(36)33-14-13-31)34-27(35)24-5-3-22(4-6-24)23-7-9-25(10-8-23)30(11-12-30)29(32)37/h3-10,15-17,26H,11-12,14,18H2,1-2H3,(H2,32,37)(H,33,36)(H,34,35)/t26-/m0/s1. The van der Waals surface area contributed by atoms with Gasteiger partial charge in [0, 0.05) is 12.0 Å². The lowest BCUT2D eigenvalue weighted by Gasteiger charge is -2.19. The minimum atomic E-state index is -0.825. The number of nitrogens with zero attached hydrogens (tertiary/aromatic N) is 1. The van der Waals surface area contributed by atoms with Crippen molar-refractivity contribution in [1.29, 1.82) is 5.26 Å². The second-order valence-corrected chi connectivity index (χ2v) is 9.70. The molecule has 1 fully saturated rings. The van der Waals surface area contributed by atoms with Crippen LogP contribution < -0.4 is 16.4 Å². The van der Waals surface area contributed by atoms with Gasteiger partial charge in [0.2, 0.25) is 11.8 Å². The summed E-state index contributed by atoms with van der Waals surface area (Å²) in [7, 11) is 0. The molecule has 0 aliphatic heterocycles. The van der Waals surface area contributed by atoms with Crippen LogP contribution in [0, 0.1) is 25.2 Å². The number of nitriles is 1. The van der Waals surface area contributed by atoms with Crippen LogP contribution in [0.4, 0.5) is 0 Å². The number of hydrogen-bond donors (Lipinski definition) is 3. The van der Waals surface area contributed by atoms with Crippen LogP contribution in [-0.2, 0) is 21.4 Å². The lowest BCUT2D eigenvalue weighted by atomic mass is 9.93. The molecule has 0 unspecified atom stereocenters. The number of hydrogen-bond acceptors (Lipinski definition) is 4.